The summed E-state index contributed by atoms with van der Waals surface area (Å²) >= 11 is 0. The molecule has 6 nitrogen and oxygen atoms in total. The van der Waals surface area contributed by atoms with Crippen LogP contribution < -0.4 is 10.6 Å². The molecule has 0 heterocycles. The molecular formula is C20H27N3O3S. The van der Waals surface area contributed by atoms with Gasteiger partial charge in [0.1, 0.15) is 0 Å². The third kappa shape index (κ3) is 5.63. The summed E-state index contributed by atoms with van der Waals surface area (Å²) in [5.41, 5.74) is 1.57. The number of sulfonamides is 1. The lowest BCUT2D eigenvalue weighted by molar-refractivity contribution is -0.115. The molecule has 2 aromatic carbocycles. The molecule has 0 aromatic heterocycles. The number of benzene rings is 2. The Hall–Kier alpha value is -2.22. The average Bonchev–Trinajstić information content (AvgIpc) is 2.62. The first-order valence-electron chi connectivity index (χ1n) is 8.82. The van der Waals surface area contributed by atoms with E-state index in [-0.39, 0.29) is 23.4 Å². The maximum atomic E-state index is 12.3. The molecule has 0 saturated carbocycles. The van der Waals surface area contributed by atoms with Gasteiger partial charge >= 0.3 is 0 Å². The lowest BCUT2D eigenvalue weighted by atomic mass is 9.96. The zero-order valence-corrected chi connectivity index (χ0v) is 17.0. The third-order valence-corrected chi connectivity index (χ3v) is 6.02. The quantitative estimate of drug-likeness (QED) is 0.728. The number of hydrogen-bond donors (Lipinski definition) is 2. The van der Waals surface area contributed by atoms with Gasteiger partial charge in [0.2, 0.25) is 15.9 Å². The largest absolute Gasteiger partial charge is 0.325 e. The molecule has 0 aliphatic rings. The van der Waals surface area contributed by atoms with Crippen molar-refractivity contribution in [3.63, 3.8) is 0 Å². The van der Waals surface area contributed by atoms with Crippen LogP contribution in [0, 0.1) is 5.92 Å². The van der Waals surface area contributed by atoms with Gasteiger partial charge in [-0.15, -0.1) is 0 Å². The van der Waals surface area contributed by atoms with Crippen LogP contribution in [0.15, 0.2) is 59.5 Å². The van der Waals surface area contributed by atoms with Crippen LogP contribution in [0.25, 0.3) is 0 Å². The molecule has 2 rings (SSSR count). The molecule has 146 valence electrons. The summed E-state index contributed by atoms with van der Waals surface area (Å²) in [4.78, 5) is 12.5. The second kappa shape index (κ2) is 9.12. The standard InChI is InChI=1S/C20H27N3O3S/c1-15(2)20(16-9-6-5-7-10-16)21-14-19(24)22-17-11-8-12-18(13-17)27(25,26)23(3)4/h5-13,15,20-21H,14H2,1-4H3,(H,22,24)/t20-/m1/s1. The Labute approximate surface area is 161 Å². The molecule has 2 N–H and O–H groups in total. The Morgan fingerprint density at radius 2 is 1.70 bits per heavy atom. The Morgan fingerprint density at radius 3 is 2.30 bits per heavy atom. The van der Waals surface area contributed by atoms with Gasteiger partial charge in [0.15, 0.2) is 0 Å². The van der Waals surface area contributed by atoms with E-state index in [1.165, 1.54) is 26.2 Å². The normalized spacial score (nSPS) is 13.0. The Balaban J connectivity index is 2.03. The molecule has 0 saturated heterocycles. The van der Waals surface area contributed by atoms with E-state index in [0.717, 1.165) is 9.87 Å². The van der Waals surface area contributed by atoms with Gasteiger partial charge in [0.05, 0.1) is 11.4 Å². The molecule has 2 aromatic rings. The average molecular weight is 390 g/mol. The minimum absolute atomic E-state index is 0.0532. The Bertz CT molecular complexity index is 865. The van der Waals surface area contributed by atoms with Crippen molar-refractivity contribution in [3.05, 3.63) is 60.2 Å². The first-order chi connectivity index (χ1) is 12.7. The number of nitrogens with zero attached hydrogens (tertiary/aromatic N) is 1. The van der Waals surface area contributed by atoms with Crippen molar-refractivity contribution in [2.45, 2.75) is 24.8 Å². The molecule has 0 fully saturated rings. The molecule has 1 amide bonds. The predicted molar refractivity (Wildman–Crippen MR) is 108 cm³/mol. The summed E-state index contributed by atoms with van der Waals surface area (Å²) in [6, 6.07) is 16.3. The number of nitrogens with one attached hydrogen (secondary N) is 2. The SMILES string of the molecule is CC(C)[C@@H](NCC(=O)Nc1cccc(S(=O)(=O)N(C)C)c1)c1ccccc1. The van der Waals surface area contributed by atoms with Crippen molar-refractivity contribution in [1.82, 2.24) is 9.62 Å². The number of anilines is 1. The molecule has 0 aliphatic carbocycles. The summed E-state index contributed by atoms with van der Waals surface area (Å²) in [5, 5.41) is 6.03. The number of carbonyl (C=O) groups excluding carboxylic acids is 1. The molecule has 0 unspecified atom stereocenters. The molecule has 27 heavy (non-hydrogen) atoms. The number of carbonyl (C=O) groups is 1. The van der Waals surface area contributed by atoms with Gasteiger partial charge in [-0.1, -0.05) is 50.2 Å². The zero-order chi connectivity index (χ0) is 20.0. The van der Waals surface area contributed by atoms with Crippen LogP contribution in [-0.4, -0.2) is 39.3 Å². The lowest BCUT2D eigenvalue weighted by Crippen LogP contribution is -2.33. The van der Waals surface area contributed by atoms with Gasteiger partial charge < -0.3 is 10.6 Å². The van der Waals surface area contributed by atoms with Crippen molar-refractivity contribution in [1.29, 1.82) is 0 Å². The van der Waals surface area contributed by atoms with Crippen LogP contribution in [0.2, 0.25) is 0 Å². The maximum Gasteiger partial charge on any atom is 0.242 e. The number of hydrogen-bond acceptors (Lipinski definition) is 4. The Kier molecular flexibility index (Phi) is 7.12. The zero-order valence-electron chi connectivity index (χ0n) is 16.1. The summed E-state index contributed by atoms with van der Waals surface area (Å²) in [6.45, 7) is 4.32. The van der Waals surface area contributed by atoms with E-state index in [1.807, 2.05) is 30.3 Å². The summed E-state index contributed by atoms with van der Waals surface area (Å²) in [5.74, 6) is 0.0877. The number of amides is 1. The summed E-state index contributed by atoms with van der Waals surface area (Å²) < 4.78 is 25.6. The minimum atomic E-state index is -3.54. The first kappa shape index (κ1) is 21.1. The maximum absolute atomic E-state index is 12.3. The molecular weight excluding hydrogens is 362 g/mol. The van der Waals surface area contributed by atoms with E-state index < -0.39 is 10.0 Å². The fraction of sp³-hybridized carbons (Fsp3) is 0.350. The number of rotatable bonds is 8. The van der Waals surface area contributed by atoms with Crippen molar-refractivity contribution >= 4 is 21.6 Å². The third-order valence-electron chi connectivity index (χ3n) is 4.20. The molecule has 7 heteroatoms. The van der Waals surface area contributed by atoms with Gasteiger partial charge in [-0.05, 0) is 29.7 Å². The minimum Gasteiger partial charge on any atom is -0.325 e. The van der Waals surface area contributed by atoms with Crippen LogP contribution in [0.5, 0.6) is 0 Å². The van der Waals surface area contributed by atoms with E-state index >= 15 is 0 Å². The highest BCUT2D eigenvalue weighted by Gasteiger charge is 2.19. The molecule has 0 spiro atoms. The van der Waals surface area contributed by atoms with Crippen LogP contribution in [-0.2, 0) is 14.8 Å². The highest BCUT2D eigenvalue weighted by atomic mass is 32.2. The van der Waals surface area contributed by atoms with E-state index in [2.05, 4.69) is 24.5 Å². The molecule has 0 bridgehead atoms. The predicted octanol–water partition coefficient (Wildman–Crippen LogP) is 2.86. The van der Waals surface area contributed by atoms with Crippen LogP contribution in [0.1, 0.15) is 25.5 Å². The van der Waals surface area contributed by atoms with Crippen molar-refractivity contribution in [2.24, 2.45) is 5.92 Å². The van der Waals surface area contributed by atoms with Crippen molar-refractivity contribution in [3.8, 4) is 0 Å². The fourth-order valence-corrected chi connectivity index (χ4v) is 3.70. The summed E-state index contributed by atoms with van der Waals surface area (Å²) in [7, 11) is -0.597. The van der Waals surface area contributed by atoms with Crippen molar-refractivity contribution < 1.29 is 13.2 Å². The van der Waals surface area contributed by atoms with Crippen LogP contribution in [0.3, 0.4) is 0 Å². The Morgan fingerprint density at radius 1 is 1.04 bits per heavy atom. The van der Waals surface area contributed by atoms with Gasteiger partial charge in [0, 0.05) is 25.8 Å². The molecule has 0 radical (unpaired) electrons. The van der Waals surface area contributed by atoms with Crippen molar-refractivity contribution in [2.75, 3.05) is 26.0 Å². The van der Waals surface area contributed by atoms with E-state index in [4.69, 9.17) is 0 Å². The van der Waals surface area contributed by atoms with Gasteiger partial charge in [-0.2, -0.15) is 0 Å². The highest BCUT2D eigenvalue weighted by molar-refractivity contribution is 7.89. The van der Waals surface area contributed by atoms with E-state index in [1.54, 1.807) is 12.1 Å². The van der Waals surface area contributed by atoms with E-state index in [0.29, 0.717) is 11.6 Å². The second-order valence-corrected chi connectivity index (χ2v) is 9.03. The van der Waals surface area contributed by atoms with E-state index in [9.17, 15) is 13.2 Å². The first-order valence-corrected chi connectivity index (χ1v) is 10.3. The molecule has 0 aliphatic heterocycles. The van der Waals surface area contributed by atoms with Crippen LogP contribution in [0.4, 0.5) is 5.69 Å². The van der Waals surface area contributed by atoms with Gasteiger partial charge in [0.25, 0.3) is 0 Å². The van der Waals surface area contributed by atoms with Crippen LogP contribution >= 0.6 is 0 Å². The highest BCUT2D eigenvalue weighted by Crippen LogP contribution is 2.21. The smallest absolute Gasteiger partial charge is 0.242 e. The second-order valence-electron chi connectivity index (χ2n) is 6.88. The fourth-order valence-electron chi connectivity index (χ4n) is 2.75. The van der Waals surface area contributed by atoms with Gasteiger partial charge in [-0.25, -0.2) is 12.7 Å². The lowest BCUT2D eigenvalue weighted by Gasteiger charge is -2.22. The van der Waals surface area contributed by atoms with Gasteiger partial charge in [-0.3, -0.25) is 4.79 Å². The monoisotopic (exact) mass is 389 g/mol. The summed E-state index contributed by atoms with van der Waals surface area (Å²) in [6.07, 6.45) is 0. The molecule has 1 atom stereocenters. The topological polar surface area (TPSA) is 78.5 Å².